The molecule has 14 nitrogen and oxygen atoms in total. The summed E-state index contributed by atoms with van der Waals surface area (Å²) in [6.07, 6.45) is 82.5. The molecule has 0 bridgehead atoms. The number of nitrogens with one attached hydrogen (secondary N) is 1. The van der Waals surface area contributed by atoms with Crippen molar-refractivity contribution >= 4 is 5.91 Å². The molecule has 101 heavy (non-hydrogen) atoms. The molecule has 12 unspecified atom stereocenters. The molecule has 2 fully saturated rings. The van der Waals surface area contributed by atoms with Crippen molar-refractivity contribution in [3.63, 3.8) is 0 Å². The van der Waals surface area contributed by atoms with E-state index in [0.717, 1.165) is 64.2 Å². The summed E-state index contributed by atoms with van der Waals surface area (Å²) in [4.78, 5) is 13.4. The predicted octanol–water partition coefficient (Wildman–Crippen LogP) is 19.9. The molecule has 0 saturated carbocycles. The van der Waals surface area contributed by atoms with E-state index < -0.39 is 86.8 Å². The molecular weight excluding hydrogens is 1270 g/mol. The summed E-state index contributed by atoms with van der Waals surface area (Å²) < 4.78 is 22.9. The Hall–Kier alpha value is -2.83. The first-order chi connectivity index (χ1) is 49.6. The average Bonchev–Trinajstić information content (AvgIpc) is 0.791. The topological polar surface area (TPSA) is 228 Å². The van der Waals surface area contributed by atoms with Gasteiger partial charge in [0, 0.05) is 6.42 Å². The van der Waals surface area contributed by atoms with E-state index in [2.05, 4.69) is 92.1 Å². The van der Waals surface area contributed by atoms with Crippen LogP contribution in [0.1, 0.15) is 367 Å². The maximum atomic E-state index is 13.4. The van der Waals surface area contributed by atoms with Gasteiger partial charge in [-0.1, -0.05) is 369 Å². The van der Waals surface area contributed by atoms with E-state index in [4.69, 9.17) is 18.9 Å². The van der Waals surface area contributed by atoms with E-state index >= 15 is 0 Å². The first-order valence-corrected chi connectivity index (χ1v) is 42.3. The SMILES string of the molecule is CC/C=C\C/C=C\C/C=C\C/C=C\C/C=C\CCCCCCCCCCCCCCCCCCCCCC(=O)NC(COC1OC(CO)C(OC2OC(CO)C(O)C(O)C2O)C(O)C1O)C(O)/C=C/CC/C=C/CCCCCCCCCCCCCCCCCCCCCCCCCCCC. The third kappa shape index (κ3) is 52.7. The first kappa shape index (κ1) is 94.3. The summed E-state index contributed by atoms with van der Waals surface area (Å²) in [5, 5.41) is 87.8. The zero-order chi connectivity index (χ0) is 73.0. The summed E-state index contributed by atoms with van der Waals surface area (Å²) in [6.45, 7) is 2.72. The molecular formula is C87H157NO13. The van der Waals surface area contributed by atoms with Gasteiger partial charge in [-0.2, -0.15) is 0 Å². The monoisotopic (exact) mass is 1420 g/mol. The highest BCUT2D eigenvalue weighted by atomic mass is 16.7. The summed E-state index contributed by atoms with van der Waals surface area (Å²) in [5.41, 5.74) is 0. The second kappa shape index (κ2) is 70.2. The Bertz CT molecular complexity index is 2020. The van der Waals surface area contributed by atoms with Gasteiger partial charge in [0.15, 0.2) is 12.6 Å². The fourth-order valence-electron chi connectivity index (χ4n) is 13.7. The van der Waals surface area contributed by atoms with Gasteiger partial charge in [-0.3, -0.25) is 4.79 Å². The highest BCUT2D eigenvalue weighted by molar-refractivity contribution is 5.76. The Morgan fingerprint density at radius 1 is 0.366 bits per heavy atom. The molecule has 9 N–H and O–H groups in total. The predicted molar refractivity (Wildman–Crippen MR) is 420 cm³/mol. The quantitative estimate of drug-likeness (QED) is 0.0204. The molecule has 1 amide bonds. The molecule has 2 saturated heterocycles. The highest BCUT2D eigenvalue weighted by Gasteiger charge is 2.51. The van der Waals surface area contributed by atoms with E-state index in [1.807, 2.05) is 6.08 Å². The van der Waals surface area contributed by atoms with Crippen LogP contribution in [-0.2, 0) is 23.7 Å². The largest absolute Gasteiger partial charge is 0.394 e. The molecule has 2 aliphatic heterocycles. The van der Waals surface area contributed by atoms with Crippen molar-refractivity contribution in [2.45, 2.75) is 441 Å². The van der Waals surface area contributed by atoms with Crippen molar-refractivity contribution in [2.24, 2.45) is 0 Å². The van der Waals surface area contributed by atoms with E-state index in [0.29, 0.717) is 12.8 Å². The van der Waals surface area contributed by atoms with Gasteiger partial charge >= 0.3 is 0 Å². The maximum Gasteiger partial charge on any atom is 0.220 e. The van der Waals surface area contributed by atoms with Crippen LogP contribution in [0.4, 0.5) is 0 Å². The van der Waals surface area contributed by atoms with Crippen LogP contribution in [0.3, 0.4) is 0 Å². The van der Waals surface area contributed by atoms with Crippen molar-refractivity contribution in [3.8, 4) is 0 Å². The van der Waals surface area contributed by atoms with Crippen LogP contribution in [0.5, 0.6) is 0 Å². The second-order valence-electron chi connectivity index (χ2n) is 29.6. The lowest BCUT2D eigenvalue weighted by Gasteiger charge is -2.46. The van der Waals surface area contributed by atoms with Gasteiger partial charge in [0.05, 0.1) is 32.0 Å². The number of carbonyl (C=O) groups excluding carboxylic acids is 1. The second-order valence-corrected chi connectivity index (χ2v) is 29.6. The fraction of sp³-hybridized carbons (Fsp3) is 0.828. The number of aliphatic hydroxyl groups excluding tert-OH is 8. The Kier molecular flexibility index (Phi) is 65.5. The number of aliphatic hydroxyl groups is 8. The molecule has 14 heteroatoms. The lowest BCUT2D eigenvalue weighted by molar-refractivity contribution is -0.359. The molecule has 0 radical (unpaired) electrons. The van der Waals surface area contributed by atoms with Gasteiger partial charge in [0.25, 0.3) is 0 Å². The molecule has 2 aliphatic rings. The smallest absolute Gasteiger partial charge is 0.220 e. The number of hydrogen-bond acceptors (Lipinski definition) is 13. The van der Waals surface area contributed by atoms with Crippen LogP contribution in [0.15, 0.2) is 85.1 Å². The normalized spacial score (nSPS) is 22.2. The van der Waals surface area contributed by atoms with Crippen LogP contribution in [-0.4, -0.2) is 140 Å². The standard InChI is InChI=1S/C87H157NO13/c1-3-5-7-9-11-13-15-17-19-21-23-25-27-29-31-33-35-37-38-39-41-43-45-47-49-51-53-55-57-59-61-63-65-67-69-71-79(92)88-75(74-98-86-84(97)82(95)85(78(73-90)100-86)101-87-83(96)81(94)80(93)77(72-89)99-87)76(91)70-68-66-64-62-60-58-56-54-52-50-48-46-44-42-40-36-34-32-30-28-26-24-22-20-18-16-14-12-10-8-6-4-2/h5,7,11,13,17,19,23,25,29,31,60,62,68,70,75-78,80-87,89-91,93-97H,3-4,6,8-10,12,14-16,18,20-22,24,26-28,30,32-59,61,63-67,69,71-74H2,1-2H3,(H,88,92)/b7-5-,13-11-,19-17-,25-23-,31-29-,62-60+,70-68+. The molecule has 0 spiro atoms. The number of carbonyl (C=O) groups is 1. The molecule has 12 atom stereocenters. The summed E-state index contributed by atoms with van der Waals surface area (Å²) in [7, 11) is 0. The Balaban J connectivity index is 1.60. The molecule has 0 aromatic carbocycles. The lowest BCUT2D eigenvalue weighted by Crippen LogP contribution is -2.65. The molecule has 2 heterocycles. The average molecular weight is 1430 g/mol. The number of allylic oxidation sites excluding steroid dienone is 13. The third-order valence-electron chi connectivity index (χ3n) is 20.3. The highest BCUT2D eigenvalue weighted by Crippen LogP contribution is 2.30. The van der Waals surface area contributed by atoms with Crippen LogP contribution < -0.4 is 5.32 Å². The van der Waals surface area contributed by atoms with Gasteiger partial charge in [-0.15, -0.1) is 0 Å². The van der Waals surface area contributed by atoms with Crippen molar-refractivity contribution in [2.75, 3.05) is 19.8 Å². The summed E-state index contributed by atoms with van der Waals surface area (Å²) >= 11 is 0. The number of unbranched alkanes of at least 4 members (excludes halogenated alkanes) is 46. The van der Waals surface area contributed by atoms with Crippen molar-refractivity contribution < 1.29 is 64.6 Å². The van der Waals surface area contributed by atoms with Gasteiger partial charge in [0.2, 0.25) is 5.91 Å². The van der Waals surface area contributed by atoms with Crippen LogP contribution in [0.2, 0.25) is 0 Å². The lowest BCUT2D eigenvalue weighted by atomic mass is 9.97. The Morgan fingerprint density at radius 2 is 0.693 bits per heavy atom. The number of hydrogen-bond donors (Lipinski definition) is 9. The molecule has 0 aromatic heterocycles. The van der Waals surface area contributed by atoms with Crippen molar-refractivity contribution in [1.82, 2.24) is 5.32 Å². The molecule has 2 rings (SSSR count). The van der Waals surface area contributed by atoms with Gasteiger partial charge in [-0.25, -0.2) is 0 Å². The summed E-state index contributed by atoms with van der Waals surface area (Å²) in [5.74, 6) is -0.245. The van der Waals surface area contributed by atoms with Gasteiger partial charge in [0.1, 0.15) is 48.8 Å². The molecule has 0 aliphatic carbocycles. The number of ether oxygens (including phenoxy) is 4. The van der Waals surface area contributed by atoms with E-state index in [1.54, 1.807) is 6.08 Å². The molecule has 588 valence electrons. The van der Waals surface area contributed by atoms with E-state index in [1.165, 1.54) is 270 Å². The van der Waals surface area contributed by atoms with Crippen LogP contribution >= 0.6 is 0 Å². The number of rotatable bonds is 71. The first-order valence-electron chi connectivity index (χ1n) is 42.3. The van der Waals surface area contributed by atoms with Crippen molar-refractivity contribution in [1.29, 1.82) is 0 Å². The van der Waals surface area contributed by atoms with Crippen LogP contribution in [0.25, 0.3) is 0 Å². The van der Waals surface area contributed by atoms with Gasteiger partial charge in [-0.05, 0) is 77.0 Å². The zero-order valence-corrected chi connectivity index (χ0v) is 64.6. The van der Waals surface area contributed by atoms with Crippen molar-refractivity contribution in [3.05, 3.63) is 85.1 Å². The molecule has 0 aromatic rings. The van der Waals surface area contributed by atoms with Gasteiger partial charge < -0.3 is 65.1 Å². The van der Waals surface area contributed by atoms with E-state index in [9.17, 15) is 45.6 Å². The number of amides is 1. The Morgan fingerprint density at radius 3 is 1.09 bits per heavy atom. The summed E-state index contributed by atoms with van der Waals surface area (Å²) in [6, 6.07) is -0.936. The minimum atomic E-state index is -1.79. The van der Waals surface area contributed by atoms with Crippen LogP contribution in [0, 0.1) is 0 Å². The maximum absolute atomic E-state index is 13.4. The zero-order valence-electron chi connectivity index (χ0n) is 64.6. The Labute approximate surface area is 618 Å². The fourth-order valence-corrected chi connectivity index (χ4v) is 13.7. The van der Waals surface area contributed by atoms with E-state index in [-0.39, 0.29) is 18.9 Å². The minimum Gasteiger partial charge on any atom is -0.394 e. The third-order valence-corrected chi connectivity index (χ3v) is 20.3. The minimum absolute atomic E-state index is 0.245.